The van der Waals surface area contributed by atoms with E-state index in [1.165, 1.54) is 0 Å². The van der Waals surface area contributed by atoms with E-state index >= 15 is 0 Å². The molecule has 1 aliphatic rings. The van der Waals surface area contributed by atoms with E-state index < -0.39 is 0 Å². The molecule has 0 bridgehead atoms. The van der Waals surface area contributed by atoms with Gasteiger partial charge in [0.15, 0.2) is 0 Å². The van der Waals surface area contributed by atoms with Crippen LogP contribution in [-0.2, 0) is 5.75 Å². The summed E-state index contributed by atoms with van der Waals surface area (Å²) in [7, 11) is 2.12. The molecule has 0 amide bonds. The summed E-state index contributed by atoms with van der Waals surface area (Å²) in [4.78, 5) is 18.5. The van der Waals surface area contributed by atoms with E-state index in [1.54, 1.807) is 11.8 Å². The Hall–Kier alpha value is -1.57. The molecule has 0 saturated carbocycles. The number of hydrogen-bond donors (Lipinski definition) is 1. The fourth-order valence-electron chi connectivity index (χ4n) is 2.34. The SMILES string of the molecule is CN1CCN(c2nc(N)nc(CSc3ccccc3Cl)n2)CC1. The standard InChI is InChI=1S/C15H19ClN6S/c1-21-6-8-22(9-7-21)15-19-13(18-14(17)20-15)10-23-12-5-3-2-4-11(12)16/h2-5H,6-10H2,1H3,(H2,17,18,19,20). The van der Waals surface area contributed by atoms with Crippen molar-refractivity contribution in [2.45, 2.75) is 10.6 Å². The van der Waals surface area contributed by atoms with Crippen LogP contribution in [0.25, 0.3) is 0 Å². The van der Waals surface area contributed by atoms with Crippen molar-refractivity contribution in [3.05, 3.63) is 35.1 Å². The Morgan fingerprint density at radius 2 is 1.87 bits per heavy atom. The molecule has 6 nitrogen and oxygen atoms in total. The molecule has 1 aromatic heterocycles. The van der Waals surface area contributed by atoms with Crippen LogP contribution in [0.3, 0.4) is 0 Å². The summed E-state index contributed by atoms with van der Waals surface area (Å²) >= 11 is 7.77. The number of thioether (sulfide) groups is 1. The first kappa shape index (κ1) is 16.3. The maximum absolute atomic E-state index is 6.18. The van der Waals surface area contributed by atoms with Crippen LogP contribution in [0.15, 0.2) is 29.2 Å². The lowest BCUT2D eigenvalue weighted by molar-refractivity contribution is 0.311. The van der Waals surface area contributed by atoms with Crippen molar-refractivity contribution in [3.63, 3.8) is 0 Å². The minimum absolute atomic E-state index is 0.267. The van der Waals surface area contributed by atoms with Gasteiger partial charge < -0.3 is 15.5 Å². The summed E-state index contributed by atoms with van der Waals surface area (Å²) in [5.41, 5.74) is 5.86. The summed E-state index contributed by atoms with van der Waals surface area (Å²) in [6, 6.07) is 7.74. The van der Waals surface area contributed by atoms with Crippen LogP contribution in [0.5, 0.6) is 0 Å². The van der Waals surface area contributed by atoms with Crippen LogP contribution < -0.4 is 10.6 Å². The number of nitrogen functional groups attached to an aromatic ring is 1. The first-order valence-corrected chi connectivity index (χ1v) is 8.79. The molecule has 23 heavy (non-hydrogen) atoms. The lowest BCUT2D eigenvalue weighted by atomic mass is 10.3. The van der Waals surface area contributed by atoms with Crippen LogP contribution in [0.1, 0.15) is 5.82 Å². The number of piperazine rings is 1. The van der Waals surface area contributed by atoms with Gasteiger partial charge in [0.2, 0.25) is 11.9 Å². The van der Waals surface area contributed by atoms with Crippen LogP contribution in [0.2, 0.25) is 5.02 Å². The van der Waals surface area contributed by atoms with Gasteiger partial charge in [0.1, 0.15) is 5.82 Å². The third kappa shape index (κ3) is 4.25. The van der Waals surface area contributed by atoms with E-state index in [1.807, 2.05) is 24.3 Å². The zero-order valence-electron chi connectivity index (χ0n) is 12.9. The van der Waals surface area contributed by atoms with E-state index in [0.29, 0.717) is 17.5 Å². The fourth-order valence-corrected chi connectivity index (χ4v) is 3.44. The van der Waals surface area contributed by atoms with Gasteiger partial charge in [0, 0.05) is 31.1 Å². The Balaban J connectivity index is 1.71. The highest BCUT2D eigenvalue weighted by atomic mass is 35.5. The largest absolute Gasteiger partial charge is 0.368 e. The van der Waals surface area contributed by atoms with E-state index in [9.17, 15) is 0 Å². The number of aromatic nitrogens is 3. The lowest BCUT2D eigenvalue weighted by Gasteiger charge is -2.32. The molecule has 3 rings (SSSR count). The van der Waals surface area contributed by atoms with Crippen molar-refractivity contribution in [1.82, 2.24) is 19.9 Å². The van der Waals surface area contributed by atoms with E-state index in [0.717, 1.165) is 36.1 Å². The van der Waals surface area contributed by atoms with Crippen molar-refractivity contribution in [2.75, 3.05) is 43.9 Å². The molecule has 2 heterocycles. The highest BCUT2D eigenvalue weighted by Crippen LogP contribution is 2.29. The van der Waals surface area contributed by atoms with Crippen LogP contribution >= 0.6 is 23.4 Å². The number of likely N-dealkylation sites (N-methyl/N-ethyl adjacent to an activating group) is 1. The Labute approximate surface area is 145 Å². The summed E-state index contributed by atoms with van der Waals surface area (Å²) in [6.45, 7) is 3.79. The zero-order chi connectivity index (χ0) is 16.2. The molecule has 1 aromatic carbocycles. The molecular weight excluding hydrogens is 332 g/mol. The molecule has 0 radical (unpaired) electrons. The summed E-state index contributed by atoms with van der Waals surface area (Å²) in [5, 5.41) is 0.735. The smallest absolute Gasteiger partial charge is 0.230 e. The molecule has 1 fully saturated rings. The Kier molecular flexibility index (Phi) is 5.20. The minimum Gasteiger partial charge on any atom is -0.368 e. The number of hydrogen-bond acceptors (Lipinski definition) is 7. The monoisotopic (exact) mass is 350 g/mol. The van der Waals surface area contributed by atoms with Gasteiger partial charge in [0.25, 0.3) is 0 Å². The Morgan fingerprint density at radius 3 is 2.61 bits per heavy atom. The van der Waals surface area contributed by atoms with Gasteiger partial charge in [-0.25, -0.2) is 0 Å². The first-order chi connectivity index (χ1) is 11.1. The number of rotatable bonds is 4. The molecule has 122 valence electrons. The second kappa shape index (κ2) is 7.33. The number of nitrogens with zero attached hydrogens (tertiary/aromatic N) is 5. The normalized spacial score (nSPS) is 15.8. The number of nitrogens with two attached hydrogens (primary N) is 1. The summed E-state index contributed by atoms with van der Waals surface area (Å²) in [6.07, 6.45) is 0. The zero-order valence-corrected chi connectivity index (χ0v) is 14.5. The van der Waals surface area contributed by atoms with Crippen molar-refractivity contribution in [3.8, 4) is 0 Å². The summed E-state index contributed by atoms with van der Waals surface area (Å²) < 4.78 is 0. The second-order valence-corrected chi connectivity index (χ2v) is 6.84. The molecule has 0 unspecified atom stereocenters. The highest BCUT2D eigenvalue weighted by molar-refractivity contribution is 7.98. The predicted octanol–water partition coefficient (Wildman–Crippen LogP) is 2.15. The van der Waals surface area contributed by atoms with E-state index in [-0.39, 0.29) is 5.95 Å². The number of benzene rings is 1. The first-order valence-electron chi connectivity index (χ1n) is 7.43. The predicted molar refractivity (Wildman–Crippen MR) is 95.0 cm³/mol. The minimum atomic E-state index is 0.267. The maximum atomic E-state index is 6.18. The number of halogens is 1. The Morgan fingerprint density at radius 1 is 1.13 bits per heavy atom. The topological polar surface area (TPSA) is 71.2 Å². The van der Waals surface area contributed by atoms with Gasteiger partial charge in [-0.3, -0.25) is 0 Å². The average Bonchev–Trinajstić information content (AvgIpc) is 2.54. The van der Waals surface area contributed by atoms with Crippen LogP contribution in [0, 0.1) is 0 Å². The summed E-state index contributed by atoms with van der Waals surface area (Å²) in [5.74, 6) is 2.22. The van der Waals surface area contributed by atoms with Crippen LogP contribution in [-0.4, -0.2) is 53.1 Å². The average molecular weight is 351 g/mol. The number of anilines is 2. The fraction of sp³-hybridized carbons (Fsp3) is 0.400. The van der Waals surface area contributed by atoms with Gasteiger partial charge >= 0.3 is 0 Å². The molecule has 0 atom stereocenters. The van der Waals surface area contributed by atoms with Crippen molar-refractivity contribution < 1.29 is 0 Å². The van der Waals surface area contributed by atoms with Gasteiger partial charge in [-0.05, 0) is 19.2 Å². The van der Waals surface area contributed by atoms with E-state index in [4.69, 9.17) is 17.3 Å². The third-order valence-corrected chi connectivity index (χ3v) is 5.18. The van der Waals surface area contributed by atoms with Crippen molar-refractivity contribution >= 4 is 35.3 Å². The maximum Gasteiger partial charge on any atom is 0.230 e. The molecule has 1 saturated heterocycles. The third-order valence-electron chi connectivity index (χ3n) is 3.67. The molecule has 0 aliphatic carbocycles. The van der Waals surface area contributed by atoms with Gasteiger partial charge in [-0.15, -0.1) is 11.8 Å². The van der Waals surface area contributed by atoms with Gasteiger partial charge in [-0.2, -0.15) is 15.0 Å². The van der Waals surface area contributed by atoms with Gasteiger partial charge in [0.05, 0.1) is 10.8 Å². The van der Waals surface area contributed by atoms with Crippen LogP contribution in [0.4, 0.5) is 11.9 Å². The molecule has 2 aromatic rings. The highest BCUT2D eigenvalue weighted by Gasteiger charge is 2.18. The molecule has 8 heteroatoms. The Bertz CT molecular complexity index is 675. The van der Waals surface area contributed by atoms with Crippen molar-refractivity contribution in [1.29, 1.82) is 0 Å². The molecular formula is C15H19ClN6S. The van der Waals surface area contributed by atoms with Crippen molar-refractivity contribution in [2.24, 2.45) is 0 Å². The molecule has 0 spiro atoms. The van der Waals surface area contributed by atoms with Gasteiger partial charge in [-0.1, -0.05) is 23.7 Å². The van der Waals surface area contributed by atoms with E-state index in [2.05, 4.69) is 31.8 Å². The lowest BCUT2D eigenvalue weighted by Crippen LogP contribution is -2.45. The second-order valence-electron chi connectivity index (χ2n) is 5.42. The molecule has 2 N–H and O–H groups in total. The quantitative estimate of drug-likeness (QED) is 0.847. The molecule has 1 aliphatic heterocycles.